The fourth-order valence-electron chi connectivity index (χ4n) is 2.21. The maximum atomic E-state index is 11.8. The number of rotatable bonds is 4. The molecule has 2 N–H and O–H groups in total. The molecule has 106 valence electrons. The predicted molar refractivity (Wildman–Crippen MR) is 71.0 cm³/mol. The topological polar surface area (TPSA) is 59.6 Å². The second-order valence-electron chi connectivity index (χ2n) is 5.32. The molecule has 1 amide bonds. The third-order valence-electron chi connectivity index (χ3n) is 3.44. The summed E-state index contributed by atoms with van der Waals surface area (Å²) < 4.78 is 10.7. The highest BCUT2D eigenvalue weighted by atomic mass is 35.5. The van der Waals surface area contributed by atoms with Crippen LogP contribution in [0.3, 0.4) is 0 Å². The molecule has 2 aliphatic heterocycles. The maximum Gasteiger partial charge on any atom is 0.221 e. The number of hydrogen-bond acceptors (Lipinski definition) is 4. The number of halogens is 1. The molecular weight excluding hydrogens is 256 g/mol. The van der Waals surface area contributed by atoms with Crippen molar-refractivity contribution in [2.45, 2.75) is 25.8 Å². The molecule has 0 aromatic heterocycles. The van der Waals surface area contributed by atoms with Crippen LogP contribution >= 0.6 is 12.4 Å². The molecule has 2 atom stereocenters. The molecule has 0 bridgehead atoms. The number of morpholine rings is 1. The fraction of sp³-hybridized carbons (Fsp3) is 0.917. The van der Waals surface area contributed by atoms with Crippen molar-refractivity contribution in [2.75, 3.05) is 39.5 Å². The highest BCUT2D eigenvalue weighted by molar-refractivity contribution is 5.85. The van der Waals surface area contributed by atoms with E-state index in [1.807, 2.05) is 0 Å². The van der Waals surface area contributed by atoms with Crippen LogP contribution in [0.1, 0.15) is 19.8 Å². The van der Waals surface area contributed by atoms with E-state index in [0.717, 1.165) is 32.8 Å². The zero-order valence-corrected chi connectivity index (χ0v) is 11.7. The summed E-state index contributed by atoms with van der Waals surface area (Å²) in [4.78, 5) is 11.8. The Bertz CT molecular complexity index is 264. The first kappa shape index (κ1) is 15.7. The lowest BCUT2D eigenvalue weighted by molar-refractivity contribution is -0.122. The summed E-state index contributed by atoms with van der Waals surface area (Å²) in [5, 5.41) is 6.27. The molecule has 2 rings (SSSR count). The summed E-state index contributed by atoms with van der Waals surface area (Å²) in [6.45, 7) is 6.63. The van der Waals surface area contributed by atoms with Gasteiger partial charge in [-0.1, -0.05) is 6.92 Å². The summed E-state index contributed by atoms with van der Waals surface area (Å²) in [7, 11) is 0. The van der Waals surface area contributed by atoms with Crippen LogP contribution in [0, 0.1) is 5.41 Å². The van der Waals surface area contributed by atoms with Gasteiger partial charge in [0.15, 0.2) is 0 Å². The lowest BCUT2D eigenvalue weighted by Crippen LogP contribution is -2.45. The van der Waals surface area contributed by atoms with Crippen molar-refractivity contribution in [3.8, 4) is 0 Å². The summed E-state index contributed by atoms with van der Waals surface area (Å²) >= 11 is 0. The first-order valence-corrected chi connectivity index (χ1v) is 6.34. The third kappa shape index (κ3) is 4.72. The van der Waals surface area contributed by atoms with Gasteiger partial charge in [-0.15, -0.1) is 12.4 Å². The average Bonchev–Trinajstić information content (AvgIpc) is 2.76. The summed E-state index contributed by atoms with van der Waals surface area (Å²) in [6, 6.07) is 0.163. The van der Waals surface area contributed by atoms with Crippen molar-refractivity contribution in [1.82, 2.24) is 10.6 Å². The van der Waals surface area contributed by atoms with E-state index in [9.17, 15) is 4.79 Å². The van der Waals surface area contributed by atoms with Crippen LogP contribution < -0.4 is 10.6 Å². The largest absolute Gasteiger partial charge is 0.381 e. The highest BCUT2D eigenvalue weighted by Crippen LogP contribution is 2.26. The van der Waals surface area contributed by atoms with E-state index in [1.54, 1.807) is 0 Å². The normalized spacial score (nSPS) is 31.7. The average molecular weight is 279 g/mol. The van der Waals surface area contributed by atoms with Crippen LogP contribution in [0.2, 0.25) is 0 Å². The van der Waals surface area contributed by atoms with Crippen LogP contribution in [0.15, 0.2) is 0 Å². The smallest absolute Gasteiger partial charge is 0.221 e. The number of ether oxygens (including phenoxy) is 2. The minimum Gasteiger partial charge on any atom is -0.381 e. The van der Waals surface area contributed by atoms with Crippen LogP contribution in [-0.2, 0) is 14.3 Å². The zero-order chi connectivity index (χ0) is 12.1. The standard InChI is InChI=1S/C12H22N2O3.ClH/c1-12(2-4-17-9-12)8-14-11(15)6-10-7-16-5-3-13-10;/h10,13H,2-9H2,1H3,(H,14,15);1H. The van der Waals surface area contributed by atoms with E-state index >= 15 is 0 Å². The molecule has 0 aromatic carbocycles. The molecule has 2 unspecified atom stereocenters. The van der Waals surface area contributed by atoms with Gasteiger partial charge in [0, 0.05) is 37.6 Å². The molecular formula is C12H23ClN2O3. The van der Waals surface area contributed by atoms with E-state index in [1.165, 1.54) is 0 Å². The van der Waals surface area contributed by atoms with Gasteiger partial charge in [-0.05, 0) is 6.42 Å². The van der Waals surface area contributed by atoms with Crippen LogP contribution in [0.25, 0.3) is 0 Å². The molecule has 0 saturated carbocycles. The van der Waals surface area contributed by atoms with Crippen LogP contribution in [0.4, 0.5) is 0 Å². The van der Waals surface area contributed by atoms with Gasteiger partial charge in [0.25, 0.3) is 0 Å². The molecule has 2 fully saturated rings. The Morgan fingerprint density at radius 1 is 1.44 bits per heavy atom. The molecule has 5 nitrogen and oxygen atoms in total. The maximum absolute atomic E-state index is 11.8. The van der Waals surface area contributed by atoms with Gasteiger partial charge in [-0.25, -0.2) is 0 Å². The van der Waals surface area contributed by atoms with Gasteiger partial charge in [0.2, 0.25) is 5.91 Å². The molecule has 2 heterocycles. The minimum absolute atomic E-state index is 0. The van der Waals surface area contributed by atoms with Crippen LogP contribution in [0.5, 0.6) is 0 Å². The Labute approximate surface area is 114 Å². The van der Waals surface area contributed by atoms with Crippen molar-refractivity contribution in [2.24, 2.45) is 5.41 Å². The van der Waals surface area contributed by atoms with Crippen molar-refractivity contribution in [3.63, 3.8) is 0 Å². The molecule has 0 aliphatic carbocycles. The summed E-state index contributed by atoms with van der Waals surface area (Å²) in [5.74, 6) is 0.0983. The zero-order valence-electron chi connectivity index (χ0n) is 10.9. The van der Waals surface area contributed by atoms with Gasteiger partial charge < -0.3 is 20.1 Å². The minimum atomic E-state index is 0. The Balaban J connectivity index is 0.00000162. The molecule has 2 saturated heterocycles. The lowest BCUT2D eigenvalue weighted by atomic mass is 9.90. The monoisotopic (exact) mass is 278 g/mol. The molecule has 0 spiro atoms. The van der Waals surface area contributed by atoms with Crippen molar-refractivity contribution < 1.29 is 14.3 Å². The Kier molecular flexibility index (Phi) is 6.35. The van der Waals surface area contributed by atoms with E-state index in [-0.39, 0.29) is 29.8 Å². The third-order valence-corrected chi connectivity index (χ3v) is 3.44. The first-order valence-electron chi connectivity index (χ1n) is 6.34. The Hall–Kier alpha value is -0.360. The van der Waals surface area contributed by atoms with Gasteiger partial charge in [-0.2, -0.15) is 0 Å². The van der Waals surface area contributed by atoms with Gasteiger partial charge >= 0.3 is 0 Å². The summed E-state index contributed by atoms with van der Waals surface area (Å²) in [5.41, 5.74) is 0.117. The van der Waals surface area contributed by atoms with E-state index in [0.29, 0.717) is 19.6 Å². The first-order chi connectivity index (χ1) is 8.18. The Morgan fingerprint density at radius 2 is 2.28 bits per heavy atom. The SMILES string of the molecule is CC1(CNC(=O)CC2COCCN2)CCOC1.Cl. The quantitative estimate of drug-likeness (QED) is 0.778. The number of carbonyl (C=O) groups is 1. The number of nitrogens with one attached hydrogen (secondary N) is 2. The summed E-state index contributed by atoms with van der Waals surface area (Å²) in [6.07, 6.45) is 1.52. The number of carbonyl (C=O) groups excluding carboxylic acids is 1. The van der Waals surface area contributed by atoms with Gasteiger partial charge in [0.1, 0.15) is 0 Å². The van der Waals surface area contributed by atoms with Crippen molar-refractivity contribution in [1.29, 1.82) is 0 Å². The molecule has 0 radical (unpaired) electrons. The highest BCUT2D eigenvalue weighted by Gasteiger charge is 2.30. The molecule has 18 heavy (non-hydrogen) atoms. The molecule has 6 heteroatoms. The lowest BCUT2D eigenvalue weighted by Gasteiger charge is -2.25. The Morgan fingerprint density at radius 3 is 2.89 bits per heavy atom. The van der Waals surface area contributed by atoms with E-state index in [4.69, 9.17) is 9.47 Å². The fourth-order valence-corrected chi connectivity index (χ4v) is 2.21. The second-order valence-corrected chi connectivity index (χ2v) is 5.32. The molecule has 0 aromatic rings. The van der Waals surface area contributed by atoms with Crippen molar-refractivity contribution in [3.05, 3.63) is 0 Å². The second kappa shape index (κ2) is 7.28. The van der Waals surface area contributed by atoms with Gasteiger partial charge in [0.05, 0.1) is 19.8 Å². The molecule has 2 aliphatic rings. The number of amides is 1. The van der Waals surface area contributed by atoms with Gasteiger partial charge in [-0.3, -0.25) is 4.79 Å². The van der Waals surface area contributed by atoms with Crippen LogP contribution in [-0.4, -0.2) is 51.5 Å². The van der Waals surface area contributed by atoms with E-state index < -0.39 is 0 Å². The number of hydrogen-bond donors (Lipinski definition) is 2. The van der Waals surface area contributed by atoms with Crippen molar-refractivity contribution >= 4 is 18.3 Å². The predicted octanol–water partition coefficient (Wildman–Crippen LogP) is 0.330. The van der Waals surface area contributed by atoms with E-state index in [2.05, 4.69) is 17.6 Å².